The number of primary amides is 1. The predicted octanol–water partition coefficient (Wildman–Crippen LogP) is 2.93. The molecule has 0 fully saturated rings. The molecule has 0 saturated heterocycles. The standard InChI is InChI=1S/C20H17ClN4O4/c1-12(18(26)23-20(22)28)29-19(27)17-11-16(13-7-9-14(21)10-8-13)24-25(17)15-5-3-2-4-6-15/h2-12H,1H3,(H3,22,23,26,28)/t12-/m0/s1. The minimum atomic E-state index is -1.23. The summed E-state index contributed by atoms with van der Waals surface area (Å²) in [6, 6.07) is 16.5. The molecule has 1 atom stereocenters. The van der Waals surface area contributed by atoms with E-state index in [1.54, 1.807) is 54.6 Å². The third kappa shape index (κ3) is 4.80. The largest absolute Gasteiger partial charge is 0.448 e. The zero-order chi connectivity index (χ0) is 21.0. The van der Waals surface area contributed by atoms with Crippen LogP contribution in [0.5, 0.6) is 0 Å². The molecule has 0 saturated carbocycles. The first-order valence-electron chi connectivity index (χ1n) is 8.58. The van der Waals surface area contributed by atoms with Crippen LogP contribution in [0, 0.1) is 0 Å². The molecular formula is C20H17ClN4O4. The number of carbonyl (C=O) groups is 3. The van der Waals surface area contributed by atoms with Gasteiger partial charge < -0.3 is 10.5 Å². The van der Waals surface area contributed by atoms with Gasteiger partial charge in [0.1, 0.15) is 0 Å². The van der Waals surface area contributed by atoms with Crippen LogP contribution in [0.3, 0.4) is 0 Å². The van der Waals surface area contributed by atoms with Crippen LogP contribution in [0.2, 0.25) is 5.02 Å². The van der Waals surface area contributed by atoms with Crippen LogP contribution in [-0.2, 0) is 9.53 Å². The first-order valence-corrected chi connectivity index (χ1v) is 8.95. The SMILES string of the molecule is C[C@H](OC(=O)c1cc(-c2ccc(Cl)cc2)nn1-c1ccccc1)C(=O)NC(N)=O. The van der Waals surface area contributed by atoms with Gasteiger partial charge in [0, 0.05) is 10.6 Å². The third-order valence-electron chi connectivity index (χ3n) is 3.96. The van der Waals surface area contributed by atoms with Crippen LogP contribution >= 0.6 is 11.6 Å². The van der Waals surface area contributed by atoms with Crippen molar-refractivity contribution in [2.45, 2.75) is 13.0 Å². The Morgan fingerprint density at radius 2 is 1.76 bits per heavy atom. The van der Waals surface area contributed by atoms with E-state index < -0.39 is 24.0 Å². The van der Waals surface area contributed by atoms with Crippen molar-refractivity contribution < 1.29 is 19.1 Å². The van der Waals surface area contributed by atoms with E-state index in [9.17, 15) is 14.4 Å². The van der Waals surface area contributed by atoms with Gasteiger partial charge in [-0.05, 0) is 37.3 Å². The van der Waals surface area contributed by atoms with E-state index in [0.717, 1.165) is 5.56 Å². The number of carbonyl (C=O) groups excluding carboxylic acids is 3. The molecular weight excluding hydrogens is 396 g/mol. The normalized spacial score (nSPS) is 11.5. The molecule has 29 heavy (non-hydrogen) atoms. The lowest BCUT2D eigenvalue weighted by atomic mass is 10.1. The van der Waals surface area contributed by atoms with Crippen molar-refractivity contribution in [2.24, 2.45) is 5.73 Å². The molecule has 8 nitrogen and oxygen atoms in total. The average Bonchev–Trinajstić information content (AvgIpc) is 3.14. The summed E-state index contributed by atoms with van der Waals surface area (Å²) >= 11 is 5.93. The first-order chi connectivity index (χ1) is 13.8. The highest BCUT2D eigenvalue weighted by atomic mass is 35.5. The Labute approximate surface area is 171 Å². The molecule has 148 valence electrons. The first kappa shape index (κ1) is 20.1. The number of halogens is 1. The van der Waals surface area contributed by atoms with E-state index in [2.05, 4.69) is 5.10 Å². The number of hydrogen-bond acceptors (Lipinski definition) is 5. The quantitative estimate of drug-likeness (QED) is 0.625. The Bertz CT molecular complexity index is 1050. The fraction of sp³-hybridized carbons (Fsp3) is 0.100. The maximum absolute atomic E-state index is 12.7. The third-order valence-corrected chi connectivity index (χ3v) is 4.21. The molecule has 3 amide bonds. The Morgan fingerprint density at radius 3 is 2.38 bits per heavy atom. The molecule has 9 heteroatoms. The summed E-state index contributed by atoms with van der Waals surface area (Å²) in [6.07, 6.45) is -1.23. The van der Waals surface area contributed by atoms with Crippen LogP contribution in [-0.4, -0.2) is 33.8 Å². The second-order valence-electron chi connectivity index (χ2n) is 6.07. The van der Waals surface area contributed by atoms with Gasteiger partial charge in [0.15, 0.2) is 11.8 Å². The lowest BCUT2D eigenvalue weighted by Crippen LogP contribution is -2.42. The summed E-state index contributed by atoms with van der Waals surface area (Å²) in [5, 5.41) is 6.94. The number of aromatic nitrogens is 2. The summed E-state index contributed by atoms with van der Waals surface area (Å²) in [4.78, 5) is 35.4. The molecule has 0 aliphatic heterocycles. The molecule has 0 aliphatic carbocycles. The molecule has 3 rings (SSSR count). The van der Waals surface area contributed by atoms with Gasteiger partial charge in [-0.25, -0.2) is 14.3 Å². The fourth-order valence-electron chi connectivity index (χ4n) is 2.55. The summed E-state index contributed by atoms with van der Waals surface area (Å²) in [5.74, 6) is -1.61. The number of nitrogens with two attached hydrogens (primary N) is 1. The predicted molar refractivity (Wildman–Crippen MR) is 107 cm³/mol. The molecule has 0 unspecified atom stereocenters. The monoisotopic (exact) mass is 412 g/mol. The van der Waals surface area contributed by atoms with Crippen molar-refractivity contribution in [3.63, 3.8) is 0 Å². The number of ether oxygens (including phenoxy) is 1. The number of rotatable bonds is 5. The van der Waals surface area contributed by atoms with Gasteiger partial charge in [0.25, 0.3) is 5.91 Å². The van der Waals surface area contributed by atoms with Crippen molar-refractivity contribution in [1.82, 2.24) is 15.1 Å². The van der Waals surface area contributed by atoms with Crippen LogP contribution in [0.15, 0.2) is 60.7 Å². The minimum absolute atomic E-state index is 0.111. The molecule has 0 aliphatic rings. The van der Waals surface area contributed by atoms with E-state index in [0.29, 0.717) is 16.4 Å². The molecule has 2 aromatic carbocycles. The molecule has 0 bridgehead atoms. The Balaban J connectivity index is 1.95. The Hall–Kier alpha value is -3.65. The highest BCUT2D eigenvalue weighted by Crippen LogP contribution is 2.24. The van der Waals surface area contributed by atoms with E-state index in [1.165, 1.54) is 11.6 Å². The van der Waals surface area contributed by atoms with E-state index in [4.69, 9.17) is 22.1 Å². The number of nitrogens with zero attached hydrogens (tertiary/aromatic N) is 2. The highest BCUT2D eigenvalue weighted by molar-refractivity contribution is 6.30. The van der Waals surface area contributed by atoms with Crippen LogP contribution < -0.4 is 11.1 Å². The van der Waals surface area contributed by atoms with Crippen molar-refractivity contribution in [3.8, 4) is 16.9 Å². The van der Waals surface area contributed by atoms with Gasteiger partial charge in [-0.2, -0.15) is 5.10 Å². The van der Waals surface area contributed by atoms with Crippen molar-refractivity contribution in [3.05, 3.63) is 71.4 Å². The maximum Gasteiger partial charge on any atom is 0.357 e. The Morgan fingerprint density at radius 1 is 1.10 bits per heavy atom. The number of amides is 3. The molecule has 3 N–H and O–H groups in total. The lowest BCUT2D eigenvalue weighted by molar-refractivity contribution is -0.127. The van der Waals surface area contributed by atoms with Crippen molar-refractivity contribution in [2.75, 3.05) is 0 Å². The number of para-hydroxylation sites is 1. The topological polar surface area (TPSA) is 116 Å². The van der Waals surface area contributed by atoms with Gasteiger partial charge in [-0.3, -0.25) is 10.1 Å². The number of imide groups is 1. The smallest absolute Gasteiger partial charge is 0.357 e. The lowest BCUT2D eigenvalue weighted by Gasteiger charge is -2.12. The summed E-state index contributed by atoms with van der Waals surface area (Å²) in [7, 11) is 0. The number of nitrogens with one attached hydrogen (secondary N) is 1. The average molecular weight is 413 g/mol. The van der Waals surface area contributed by atoms with Gasteiger partial charge in [0.05, 0.1) is 11.4 Å². The molecule has 0 spiro atoms. The molecule has 1 heterocycles. The van der Waals surface area contributed by atoms with Gasteiger partial charge in [0.2, 0.25) is 0 Å². The van der Waals surface area contributed by atoms with Gasteiger partial charge >= 0.3 is 12.0 Å². The number of hydrogen-bond donors (Lipinski definition) is 2. The number of urea groups is 1. The maximum atomic E-state index is 12.7. The van der Waals surface area contributed by atoms with Crippen molar-refractivity contribution >= 4 is 29.5 Å². The zero-order valence-electron chi connectivity index (χ0n) is 15.3. The van der Waals surface area contributed by atoms with E-state index in [1.807, 2.05) is 11.4 Å². The molecule has 1 aromatic heterocycles. The molecule has 0 radical (unpaired) electrons. The van der Waals surface area contributed by atoms with Crippen LogP contribution in [0.1, 0.15) is 17.4 Å². The van der Waals surface area contributed by atoms with E-state index in [-0.39, 0.29) is 5.69 Å². The summed E-state index contributed by atoms with van der Waals surface area (Å²) < 4.78 is 6.61. The fourth-order valence-corrected chi connectivity index (χ4v) is 2.68. The summed E-state index contributed by atoms with van der Waals surface area (Å²) in [6.45, 7) is 1.33. The molecule has 3 aromatic rings. The van der Waals surface area contributed by atoms with Crippen LogP contribution in [0.25, 0.3) is 16.9 Å². The van der Waals surface area contributed by atoms with Crippen molar-refractivity contribution in [1.29, 1.82) is 0 Å². The van der Waals surface area contributed by atoms with Gasteiger partial charge in [-0.1, -0.05) is 41.9 Å². The summed E-state index contributed by atoms with van der Waals surface area (Å²) in [5.41, 5.74) is 6.93. The second kappa shape index (κ2) is 8.57. The highest BCUT2D eigenvalue weighted by Gasteiger charge is 2.24. The van der Waals surface area contributed by atoms with E-state index >= 15 is 0 Å². The number of esters is 1. The van der Waals surface area contributed by atoms with Crippen LogP contribution in [0.4, 0.5) is 4.79 Å². The number of benzene rings is 2. The van der Waals surface area contributed by atoms with Gasteiger partial charge in [-0.15, -0.1) is 0 Å². The Kier molecular flexibility index (Phi) is 5.94. The minimum Gasteiger partial charge on any atom is -0.448 e. The second-order valence-corrected chi connectivity index (χ2v) is 6.51. The zero-order valence-corrected chi connectivity index (χ0v) is 16.1.